The van der Waals surface area contributed by atoms with E-state index in [1.165, 1.54) is 17.9 Å². The maximum Gasteiger partial charge on any atom is 0.414 e. The van der Waals surface area contributed by atoms with Crippen LogP contribution in [0.25, 0.3) is 22.2 Å². The Hall–Kier alpha value is -3.99. The number of hydrogen-bond donors (Lipinski definition) is 2. The van der Waals surface area contributed by atoms with Gasteiger partial charge in [0.05, 0.1) is 37.5 Å². The van der Waals surface area contributed by atoms with Crippen LogP contribution < -0.4 is 15.6 Å². The van der Waals surface area contributed by atoms with Gasteiger partial charge in [-0.15, -0.1) is 0 Å². The summed E-state index contributed by atoms with van der Waals surface area (Å²) in [4.78, 5) is 29.2. The van der Waals surface area contributed by atoms with E-state index < -0.39 is 18.0 Å². The summed E-state index contributed by atoms with van der Waals surface area (Å²) in [6.07, 6.45) is -0.583. The molecule has 5 rings (SSSR count). The lowest BCUT2D eigenvalue weighted by molar-refractivity contribution is -0.119. The molecule has 3 aromatic rings. The number of nitrogens with one attached hydrogen (secondary N) is 2. The predicted molar refractivity (Wildman–Crippen MR) is 123 cm³/mol. The number of benzene rings is 2. The Labute approximate surface area is 194 Å². The Balaban J connectivity index is 1.34. The first-order chi connectivity index (χ1) is 16.4. The first-order valence-electron chi connectivity index (χ1n) is 10.8. The van der Waals surface area contributed by atoms with Gasteiger partial charge in [0.15, 0.2) is 5.58 Å². The van der Waals surface area contributed by atoms with E-state index in [2.05, 4.69) is 20.8 Å². The van der Waals surface area contributed by atoms with Crippen molar-refractivity contribution in [2.24, 2.45) is 5.10 Å². The molecule has 3 heterocycles. The fraction of sp³-hybridized carbons (Fsp3) is 0.304. The third-order valence-corrected chi connectivity index (χ3v) is 5.62. The number of cyclic esters (lactones) is 1. The molecule has 2 N–H and O–H groups in total. The lowest BCUT2D eigenvalue weighted by Crippen LogP contribution is -2.33. The third kappa shape index (κ3) is 4.42. The number of hydrazone groups is 1. The van der Waals surface area contributed by atoms with Crippen molar-refractivity contribution in [1.29, 1.82) is 0 Å². The zero-order valence-electron chi connectivity index (χ0n) is 18.7. The Kier molecular flexibility index (Phi) is 5.62. The summed E-state index contributed by atoms with van der Waals surface area (Å²) in [7, 11) is 1.82. The van der Waals surface area contributed by atoms with Crippen molar-refractivity contribution >= 4 is 34.5 Å². The second-order valence-electron chi connectivity index (χ2n) is 8.21. The van der Waals surface area contributed by atoms with Crippen molar-refractivity contribution in [2.75, 3.05) is 31.6 Å². The fourth-order valence-electron chi connectivity index (χ4n) is 3.98. The van der Waals surface area contributed by atoms with Crippen LogP contribution in [0.4, 0.5) is 14.9 Å². The van der Waals surface area contributed by atoms with Crippen LogP contribution in [0.5, 0.6) is 0 Å². The average Bonchev–Trinajstić information content (AvgIpc) is 3.49. The molecule has 0 bridgehead atoms. The number of fused-ring (bicyclic) bond motifs is 1. The van der Waals surface area contributed by atoms with Crippen molar-refractivity contribution < 1.29 is 23.1 Å². The number of rotatable bonds is 6. The van der Waals surface area contributed by atoms with E-state index in [4.69, 9.17) is 9.15 Å². The molecule has 2 amide bonds. The summed E-state index contributed by atoms with van der Waals surface area (Å²) in [6.45, 7) is 2.46. The van der Waals surface area contributed by atoms with E-state index in [-0.39, 0.29) is 19.0 Å². The maximum absolute atomic E-state index is 15.1. The van der Waals surface area contributed by atoms with Crippen LogP contribution in [-0.2, 0) is 16.0 Å². The zero-order valence-corrected chi connectivity index (χ0v) is 18.7. The number of halogens is 1. The van der Waals surface area contributed by atoms with Gasteiger partial charge in [0.25, 0.3) is 0 Å². The predicted octanol–water partition coefficient (Wildman–Crippen LogP) is 2.44. The molecule has 1 saturated heterocycles. The number of ether oxygens (including phenoxy) is 1. The summed E-state index contributed by atoms with van der Waals surface area (Å²) < 4.78 is 26.1. The Bertz CT molecular complexity index is 1310. The van der Waals surface area contributed by atoms with E-state index >= 15 is 4.39 Å². The van der Waals surface area contributed by atoms with Crippen LogP contribution in [-0.4, -0.2) is 60.6 Å². The Morgan fingerprint density at radius 1 is 1.29 bits per heavy atom. The van der Waals surface area contributed by atoms with Crippen LogP contribution in [0.1, 0.15) is 12.8 Å². The van der Waals surface area contributed by atoms with Gasteiger partial charge in [-0.05, 0) is 35.9 Å². The second-order valence-corrected chi connectivity index (χ2v) is 8.21. The molecule has 1 unspecified atom stereocenters. The van der Waals surface area contributed by atoms with Crippen LogP contribution >= 0.6 is 0 Å². The van der Waals surface area contributed by atoms with Crippen LogP contribution in [0.15, 0.2) is 45.9 Å². The second kappa shape index (κ2) is 8.75. The molecule has 0 aliphatic carbocycles. The van der Waals surface area contributed by atoms with E-state index in [1.54, 1.807) is 35.4 Å². The Morgan fingerprint density at radius 3 is 2.88 bits per heavy atom. The molecular weight excluding hydrogens is 443 g/mol. The quantitative estimate of drug-likeness (QED) is 0.574. The zero-order chi connectivity index (χ0) is 23.8. The molecule has 2 aromatic carbocycles. The monoisotopic (exact) mass is 466 g/mol. The van der Waals surface area contributed by atoms with Crippen LogP contribution in [0.2, 0.25) is 0 Å². The van der Waals surface area contributed by atoms with Gasteiger partial charge < -0.3 is 14.5 Å². The number of nitrogens with zero attached hydrogens (tertiary/aromatic N) is 4. The molecule has 0 saturated carbocycles. The first-order valence-corrected chi connectivity index (χ1v) is 10.8. The summed E-state index contributed by atoms with van der Waals surface area (Å²) in [5, 5.41) is 8.60. The number of anilines is 1. The molecule has 1 atom stereocenters. The molecule has 1 aromatic heterocycles. The molecular formula is C23H23FN6O4. The van der Waals surface area contributed by atoms with Gasteiger partial charge in [-0.1, -0.05) is 6.07 Å². The van der Waals surface area contributed by atoms with Crippen molar-refractivity contribution in [3.05, 3.63) is 48.1 Å². The number of amides is 2. The van der Waals surface area contributed by atoms with Gasteiger partial charge in [-0.2, -0.15) is 5.10 Å². The highest BCUT2D eigenvalue weighted by Gasteiger charge is 2.32. The van der Waals surface area contributed by atoms with Crippen molar-refractivity contribution in [3.63, 3.8) is 0 Å². The number of oxazole rings is 1. The summed E-state index contributed by atoms with van der Waals surface area (Å²) in [6, 6.07) is 9.90. The molecule has 34 heavy (non-hydrogen) atoms. The molecule has 0 spiro atoms. The molecule has 176 valence electrons. The number of aromatic nitrogens is 1. The van der Waals surface area contributed by atoms with E-state index in [0.717, 1.165) is 5.71 Å². The van der Waals surface area contributed by atoms with Crippen molar-refractivity contribution in [1.82, 2.24) is 20.8 Å². The first kappa shape index (κ1) is 21.8. The fourth-order valence-corrected chi connectivity index (χ4v) is 3.98. The van der Waals surface area contributed by atoms with Gasteiger partial charge in [-0.3, -0.25) is 9.69 Å². The standard InChI is InChI=1S/C23H23FN6O4/c1-13(31)25-11-17-12-30(23(32)33-17)16-4-5-18(19(24)9-16)14-3-6-21-20(7-14)27-22(34-21)8-15-10-26-29(2)28-15/h3-7,9,17,26H,8,10-12H2,1-2H3,(H,25,31). The lowest BCUT2D eigenvalue weighted by Gasteiger charge is -2.14. The Morgan fingerprint density at radius 2 is 2.15 bits per heavy atom. The van der Waals surface area contributed by atoms with Gasteiger partial charge in [0, 0.05) is 19.5 Å². The van der Waals surface area contributed by atoms with Crippen LogP contribution in [0, 0.1) is 5.82 Å². The van der Waals surface area contributed by atoms with Crippen molar-refractivity contribution in [2.45, 2.75) is 19.4 Å². The van der Waals surface area contributed by atoms with Gasteiger partial charge in [0.1, 0.15) is 17.4 Å². The normalized spacial score (nSPS) is 17.9. The molecule has 2 aliphatic heterocycles. The molecule has 10 nitrogen and oxygen atoms in total. The largest absolute Gasteiger partial charge is 0.442 e. The van der Waals surface area contributed by atoms with E-state index in [9.17, 15) is 9.59 Å². The topological polar surface area (TPSA) is 112 Å². The van der Waals surface area contributed by atoms with Crippen molar-refractivity contribution in [3.8, 4) is 11.1 Å². The smallest absolute Gasteiger partial charge is 0.414 e. The number of carbonyl (C=O) groups excluding carboxylic acids is 2. The third-order valence-electron chi connectivity index (χ3n) is 5.62. The number of hydrogen-bond acceptors (Lipinski definition) is 8. The lowest BCUT2D eigenvalue weighted by atomic mass is 10.0. The van der Waals surface area contributed by atoms with Gasteiger partial charge >= 0.3 is 6.09 Å². The SMILES string of the molecule is CC(=O)NCC1CN(c2ccc(-c3ccc4oc(CC5=NN(C)NC5)nc4c3)c(F)c2)C(=O)O1. The number of hydrazine groups is 1. The molecule has 11 heteroatoms. The van der Waals surface area contributed by atoms with E-state index in [1.807, 2.05) is 7.05 Å². The maximum atomic E-state index is 15.1. The average molecular weight is 466 g/mol. The van der Waals surface area contributed by atoms with Gasteiger partial charge in [0.2, 0.25) is 11.8 Å². The van der Waals surface area contributed by atoms with Crippen LogP contribution in [0.3, 0.4) is 0 Å². The highest BCUT2D eigenvalue weighted by Crippen LogP contribution is 2.31. The molecule has 2 aliphatic rings. The number of carbonyl (C=O) groups is 2. The summed E-state index contributed by atoms with van der Waals surface area (Å²) >= 11 is 0. The summed E-state index contributed by atoms with van der Waals surface area (Å²) in [5.74, 6) is -0.147. The molecule has 1 fully saturated rings. The summed E-state index contributed by atoms with van der Waals surface area (Å²) in [5.41, 5.74) is 6.63. The minimum absolute atomic E-state index is 0.207. The van der Waals surface area contributed by atoms with E-state index in [0.29, 0.717) is 46.8 Å². The molecule has 0 radical (unpaired) electrons. The highest BCUT2D eigenvalue weighted by molar-refractivity contribution is 5.91. The minimum Gasteiger partial charge on any atom is -0.442 e. The highest BCUT2D eigenvalue weighted by atomic mass is 19.1. The van der Waals surface area contributed by atoms with Gasteiger partial charge in [-0.25, -0.2) is 24.7 Å². The minimum atomic E-state index is -0.577.